The van der Waals surface area contributed by atoms with Crippen molar-refractivity contribution in [2.45, 2.75) is 48.0 Å². The van der Waals surface area contributed by atoms with Gasteiger partial charge < -0.3 is 0 Å². The molecule has 3 fully saturated rings. The van der Waals surface area contributed by atoms with Crippen molar-refractivity contribution in [2.24, 2.45) is 34.5 Å². The molecule has 3 aliphatic carbocycles. The Hall–Kier alpha value is -0.660. The normalized spacial score (nSPS) is 35.9. The van der Waals surface area contributed by atoms with Crippen LogP contribution in [0.3, 0.4) is 0 Å². The first-order valence-corrected chi connectivity index (χ1v) is 6.64. The topological polar surface area (TPSA) is 34.1 Å². The number of Topliss-reactive ketones (excluding diaryl/α,β-unsaturated/α-hetero) is 2. The molecule has 96 valence electrons. The molecule has 0 saturated heterocycles. The van der Waals surface area contributed by atoms with Crippen molar-refractivity contribution in [3.05, 3.63) is 0 Å². The van der Waals surface area contributed by atoms with Gasteiger partial charge in [-0.1, -0.05) is 41.5 Å². The quantitative estimate of drug-likeness (QED) is 0.738. The molecule has 3 rings (SSSR count). The van der Waals surface area contributed by atoms with Crippen LogP contribution >= 0.6 is 0 Å². The summed E-state index contributed by atoms with van der Waals surface area (Å²) in [5.74, 6) is 1.81. The molecule has 0 aromatic carbocycles. The maximum atomic E-state index is 12.2. The van der Waals surface area contributed by atoms with Crippen molar-refractivity contribution >= 4 is 11.6 Å². The fourth-order valence-electron chi connectivity index (χ4n) is 3.22. The van der Waals surface area contributed by atoms with Crippen molar-refractivity contribution in [1.29, 1.82) is 0 Å². The lowest BCUT2D eigenvalue weighted by atomic mass is 9.37. The Morgan fingerprint density at radius 3 is 1.24 bits per heavy atom. The molecule has 2 bridgehead atoms. The van der Waals surface area contributed by atoms with E-state index in [1.807, 2.05) is 41.5 Å². The zero-order chi connectivity index (χ0) is 13.2. The molecular weight excluding hydrogens is 212 g/mol. The molecule has 0 spiro atoms. The number of carbonyl (C=O) groups is 2. The summed E-state index contributed by atoms with van der Waals surface area (Å²) in [7, 11) is 0. The minimum absolute atomic E-state index is 0.186. The Morgan fingerprint density at radius 1 is 0.765 bits per heavy atom. The van der Waals surface area contributed by atoms with Gasteiger partial charge in [-0.2, -0.15) is 0 Å². The van der Waals surface area contributed by atoms with Gasteiger partial charge in [0.05, 0.1) is 0 Å². The van der Waals surface area contributed by atoms with Gasteiger partial charge in [-0.05, 0) is 18.3 Å². The van der Waals surface area contributed by atoms with Gasteiger partial charge in [0.1, 0.15) is 11.6 Å². The second-order valence-electron chi connectivity index (χ2n) is 7.84. The summed E-state index contributed by atoms with van der Waals surface area (Å²) in [4.78, 5) is 24.4. The van der Waals surface area contributed by atoms with Crippen LogP contribution in [0.1, 0.15) is 48.0 Å². The molecule has 0 amide bonds. The molecule has 2 nitrogen and oxygen atoms in total. The van der Waals surface area contributed by atoms with E-state index in [9.17, 15) is 9.59 Å². The van der Waals surface area contributed by atoms with E-state index in [4.69, 9.17) is 0 Å². The third kappa shape index (κ3) is 1.76. The molecule has 0 unspecified atom stereocenters. The zero-order valence-electron chi connectivity index (χ0n) is 11.8. The van der Waals surface area contributed by atoms with E-state index in [-0.39, 0.29) is 22.7 Å². The first kappa shape index (κ1) is 12.8. The van der Waals surface area contributed by atoms with Crippen molar-refractivity contribution < 1.29 is 9.59 Å². The average Bonchev–Trinajstić information content (AvgIpc) is 1.95. The number of hydrogen-bond donors (Lipinski definition) is 0. The van der Waals surface area contributed by atoms with Gasteiger partial charge >= 0.3 is 0 Å². The maximum Gasteiger partial charge on any atom is 0.141 e. The summed E-state index contributed by atoms with van der Waals surface area (Å²) < 4.78 is 0. The SMILES string of the molecule is CC(C)(C)C(=O)C1C2CC1C2C(=O)C(C)(C)C. The standard InChI is InChI=1S/C15H24O2/c1-14(2,3)12(16)10-8-7-9(10)11(8)13(17)15(4,5)6/h8-11H,7H2,1-6H3. The second-order valence-corrected chi connectivity index (χ2v) is 7.84. The lowest BCUT2D eigenvalue weighted by Crippen LogP contribution is -2.67. The lowest BCUT2D eigenvalue weighted by molar-refractivity contribution is -0.193. The van der Waals surface area contributed by atoms with Gasteiger partial charge in [-0.3, -0.25) is 9.59 Å². The van der Waals surface area contributed by atoms with E-state index in [0.29, 0.717) is 23.4 Å². The van der Waals surface area contributed by atoms with E-state index < -0.39 is 0 Å². The molecule has 3 aliphatic rings. The Morgan fingerprint density at radius 2 is 1.06 bits per heavy atom. The summed E-state index contributed by atoms with van der Waals surface area (Å²) in [5, 5.41) is 0. The van der Waals surface area contributed by atoms with Crippen LogP contribution in [0.25, 0.3) is 0 Å². The van der Waals surface area contributed by atoms with Crippen molar-refractivity contribution in [1.82, 2.24) is 0 Å². The van der Waals surface area contributed by atoms with Crippen molar-refractivity contribution in [2.75, 3.05) is 0 Å². The number of ketones is 2. The van der Waals surface area contributed by atoms with E-state index >= 15 is 0 Å². The summed E-state index contributed by atoms with van der Waals surface area (Å²) >= 11 is 0. The Labute approximate surface area is 104 Å². The largest absolute Gasteiger partial charge is 0.299 e. The summed E-state index contributed by atoms with van der Waals surface area (Å²) in [6, 6.07) is 0. The van der Waals surface area contributed by atoms with Gasteiger partial charge in [0.2, 0.25) is 0 Å². The predicted octanol–water partition coefficient (Wildman–Crippen LogP) is 3.10. The van der Waals surface area contributed by atoms with E-state index in [1.54, 1.807) is 0 Å². The fraction of sp³-hybridized carbons (Fsp3) is 0.867. The highest BCUT2D eigenvalue weighted by molar-refractivity contribution is 5.95. The Kier molecular flexibility index (Phi) is 2.58. The molecule has 0 aliphatic heterocycles. The monoisotopic (exact) mass is 236 g/mol. The molecule has 3 saturated carbocycles. The van der Waals surface area contributed by atoms with Crippen molar-refractivity contribution in [3.8, 4) is 0 Å². The predicted molar refractivity (Wildman–Crippen MR) is 67.5 cm³/mol. The molecule has 0 radical (unpaired) electrons. The minimum Gasteiger partial charge on any atom is -0.299 e. The zero-order valence-corrected chi connectivity index (χ0v) is 11.8. The summed E-state index contributed by atoms with van der Waals surface area (Å²) in [6.07, 6.45) is 1.10. The van der Waals surface area contributed by atoms with E-state index in [0.717, 1.165) is 6.42 Å². The Bertz CT molecular complexity index is 323. The van der Waals surface area contributed by atoms with Gasteiger partial charge in [0, 0.05) is 22.7 Å². The second kappa shape index (κ2) is 3.43. The molecule has 2 heteroatoms. The number of carbonyl (C=O) groups excluding carboxylic acids is 2. The molecule has 0 atom stereocenters. The highest BCUT2D eigenvalue weighted by atomic mass is 16.1. The first-order valence-electron chi connectivity index (χ1n) is 6.64. The van der Waals surface area contributed by atoms with Crippen LogP contribution in [0.4, 0.5) is 0 Å². The summed E-state index contributed by atoms with van der Waals surface area (Å²) in [5.41, 5.74) is -0.505. The van der Waals surface area contributed by atoms with E-state index in [2.05, 4.69) is 0 Å². The van der Waals surface area contributed by atoms with Crippen LogP contribution in [0.15, 0.2) is 0 Å². The average molecular weight is 236 g/mol. The molecular formula is C15H24O2. The van der Waals surface area contributed by atoms with Gasteiger partial charge in [0.15, 0.2) is 0 Å². The maximum absolute atomic E-state index is 12.2. The molecule has 0 heterocycles. The van der Waals surface area contributed by atoms with Crippen LogP contribution in [0, 0.1) is 34.5 Å². The first-order chi connectivity index (χ1) is 7.55. The van der Waals surface area contributed by atoms with Crippen LogP contribution < -0.4 is 0 Å². The van der Waals surface area contributed by atoms with Gasteiger partial charge in [-0.15, -0.1) is 0 Å². The molecule has 0 aromatic rings. The highest BCUT2D eigenvalue weighted by Gasteiger charge is 2.67. The molecule has 17 heavy (non-hydrogen) atoms. The molecule has 0 aromatic heterocycles. The third-order valence-electron chi connectivity index (χ3n) is 4.47. The summed E-state index contributed by atoms with van der Waals surface area (Å²) in [6.45, 7) is 11.9. The van der Waals surface area contributed by atoms with Crippen LogP contribution in [-0.4, -0.2) is 11.6 Å². The van der Waals surface area contributed by atoms with Crippen molar-refractivity contribution in [3.63, 3.8) is 0 Å². The third-order valence-corrected chi connectivity index (χ3v) is 4.47. The Balaban J connectivity index is 2.02. The number of hydrogen-bond acceptors (Lipinski definition) is 2. The van der Waals surface area contributed by atoms with Crippen LogP contribution in [-0.2, 0) is 9.59 Å². The number of rotatable bonds is 2. The minimum atomic E-state index is -0.253. The molecule has 0 N–H and O–H groups in total. The van der Waals surface area contributed by atoms with Crippen LogP contribution in [0.2, 0.25) is 0 Å². The van der Waals surface area contributed by atoms with E-state index in [1.165, 1.54) is 0 Å². The lowest BCUT2D eigenvalue weighted by Gasteiger charge is -2.65. The van der Waals surface area contributed by atoms with Gasteiger partial charge in [0.25, 0.3) is 0 Å². The van der Waals surface area contributed by atoms with Crippen LogP contribution in [0.5, 0.6) is 0 Å². The highest BCUT2D eigenvalue weighted by Crippen LogP contribution is 2.65. The van der Waals surface area contributed by atoms with Gasteiger partial charge in [-0.25, -0.2) is 0 Å². The fourth-order valence-corrected chi connectivity index (χ4v) is 3.22. The smallest absolute Gasteiger partial charge is 0.141 e.